The number of hydrogen-bond donors (Lipinski definition) is 2. The standard InChI is InChI=1S/C12H11N3O/c1-9-13-8-7-11(14-9)15-12(16)10-5-3-2-4-6-10/h2-8,13H,1H2,(H,14,15,16)/i7D,8D. The zero-order chi connectivity index (χ0) is 13.1. The van der Waals surface area contributed by atoms with E-state index in [1.54, 1.807) is 30.3 Å². The fraction of sp³-hybridized carbons (Fsp3) is 0. The molecule has 4 heteroatoms. The van der Waals surface area contributed by atoms with Crippen molar-refractivity contribution in [3.05, 3.63) is 60.5 Å². The van der Waals surface area contributed by atoms with Crippen molar-refractivity contribution in [3.63, 3.8) is 0 Å². The monoisotopic (exact) mass is 215 g/mol. The molecule has 4 nitrogen and oxygen atoms in total. The van der Waals surface area contributed by atoms with Gasteiger partial charge in [-0.3, -0.25) is 4.79 Å². The van der Waals surface area contributed by atoms with Crippen LogP contribution in [0.5, 0.6) is 0 Å². The molecule has 0 atom stereocenters. The lowest BCUT2D eigenvalue weighted by Crippen LogP contribution is -2.31. The third-order valence-corrected chi connectivity index (χ3v) is 1.90. The largest absolute Gasteiger partial charge is 0.347 e. The molecular formula is C12H11N3O. The molecule has 1 amide bonds. The highest BCUT2D eigenvalue weighted by Crippen LogP contribution is 2.00. The molecule has 0 spiro atoms. The second kappa shape index (κ2) is 4.44. The summed E-state index contributed by atoms with van der Waals surface area (Å²) >= 11 is 0. The summed E-state index contributed by atoms with van der Waals surface area (Å²) in [5.74, 6) is -0.126. The van der Waals surface area contributed by atoms with E-state index in [2.05, 4.69) is 22.2 Å². The van der Waals surface area contributed by atoms with Crippen LogP contribution in [-0.2, 0) is 0 Å². The molecule has 1 aromatic rings. The number of hydrogen-bond acceptors (Lipinski definition) is 3. The fourth-order valence-electron chi connectivity index (χ4n) is 1.18. The minimum atomic E-state index is -0.374. The van der Waals surface area contributed by atoms with Crippen molar-refractivity contribution in [2.45, 2.75) is 0 Å². The Morgan fingerprint density at radius 2 is 2.19 bits per heavy atom. The molecule has 2 N–H and O–H groups in total. The van der Waals surface area contributed by atoms with Gasteiger partial charge in [0.05, 0.1) is 2.74 Å². The number of benzene rings is 1. The zero-order valence-electron chi connectivity index (χ0n) is 10.4. The number of nitrogens with one attached hydrogen (secondary N) is 2. The van der Waals surface area contributed by atoms with Crippen molar-refractivity contribution in [2.24, 2.45) is 4.99 Å². The number of rotatable bonds is 1. The Labute approximate surface area is 96.2 Å². The highest BCUT2D eigenvalue weighted by molar-refractivity contribution is 6.10. The Morgan fingerprint density at radius 1 is 1.44 bits per heavy atom. The zero-order valence-corrected chi connectivity index (χ0v) is 8.45. The van der Waals surface area contributed by atoms with E-state index in [1.165, 1.54) is 0 Å². The summed E-state index contributed by atoms with van der Waals surface area (Å²) in [6.45, 7) is 3.54. The van der Waals surface area contributed by atoms with Crippen LogP contribution in [0.25, 0.3) is 0 Å². The van der Waals surface area contributed by atoms with Crippen LogP contribution in [0.15, 0.2) is 60.0 Å². The van der Waals surface area contributed by atoms with Crippen LogP contribution in [0.1, 0.15) is 13.1 Å². The van der Waals surface area contributed by atoms with E-state index in [0.29, 0.717) is 5.56 Å². The third kappa shape index (κ3) is 2.36. The predicted octanol–water partition coefficient (Wildman–Crippen LogP) is 1.40. The highest BCUT2D eigenvalue weighted by Gasteiger charge is 2.08. The van der Waals surface area contributed by atoms with Gasteiger partial charge in [0.1, 0.15) is 11.7 Å². The van der Waals surface area contributed by atoms with Crippen LogP contribution >= 0.6 is 0 Å². The summed E-state index contributed by atoms with van der Waals surface area (Å²) < 4.78 is 15.1. The molecular weight excluding hydrogens is 202 g/mol. The molecule has 1 heterocycles. The van der Waals surface area contributed by atoms with Gasteiger partial charge in [0.2, 0.25) is 0 Å². The molecule has 80 valence electrons. The van der Waals surface area contributed by atoms with E-state index >= 15 is 0 Å². The quantitative estimate of drug-likeness (QED) is 0.744. The first-order valence-corrected chi connectivity index (χ1v) is 4.67. The average molecular weight is 215 g/mol. The Bertz CT molecular complexity index is 564. The van der Waals surface area contributed by atoms with Gasteiger partial charge in [0.25, 0.3) is 5.91 Å². The Hall–Kier alpha value is -2.36. The summed E-state index contributed by atoms with van der Waals surface area (Å²) in [7, 11) is 0. The fourth-order valence-corrected chi connectivity index (χ4v) is 1.18. The lowest BCUT2D eigenvalue weighted by atomic mass is 10.2. The second-order valence-electron chi connectivity index (χ2n) is 3.10. The van der Waals surface area contributed by atoms with Crippen LogP contribution in [0.3, 0.4) is 0 Å². The molecule has 0 aliphatic carbocycles. The van der Waals surface area contributed by atoms with Crippen molar-refractivity contribution in [1.82, 2.24) is 10.6 Å². The maximum Gasteiger partial charge on any atom is 0.256 e. The lowest BCUT2D eigenvalue weighted by molar-refractivity contribution is 0.0977. The Morgan fingerprint density at radius 3 is 2.94 bits per heavy atom. The molecule has 16 heavy (non-hydrogen) atoms. The Balaban J connectivity index is 2.20. The van der Waals surface area contributed by atoms with Crippen LogP contribution in [0.4, 0.5) is 0 Å². The number of amides is 1. The van der Waals surface area contributed by atoms with Crippen molar-refractivity contribution in [2.75, 3.05) is 0 Å². The van der Waals surface area contributed by atoms with Gasteiger partial charge in [0, 0.05) is 11.7 Å². The smallest absolute Gasteiger partial charge is 0.256 e. The van der Waals surface area contributed by atoms with Gasteiger partial charge in [0.15, 0.2) is 0 Å². The first-order valence-electron chi connectivity index (χ1n) is 5.67. The van der Waals surface area contributed by atoms with Gasteiger partial charge < -0.3 is 10.6 Å². The summed E-state index contributed by atoms with van der Waals surface area (Å²) in [4.78, 5) is 15.8. The van der Waals surface area contributed by atoms with Gasteiger partial charge in [-0.05, 0) is 18.2 Å². The SMILES string of the molecule is [2H]C1=C([2H])C(NC(=O)c2ccccc2)=NC(=C)N1. The first kappa shape index (κ1) is 7.87. The maximum absolute atomic E-state index is 11.9. The molecule has 0 saturated carbocycles. The molecule has 0 radical (unpaired) electrons. The predicted molar refractivity (Wildman–Crippen MR) is 62.8 cm³/mol. The van der Waals surface area contributed by atoms with E-state index in [4.69, 9.17) is 2.74 Å². The van der Waals surface area contributed by atoms with Crippen LogP contribution in [-0.4, -0.2) is 11.7 Å². The Kier molecular flexibility index (Phi) is 2.18. The number of nitrogens with zero attached hydrogens (tertiary/aromatic N) is 1. The van der Waals surface area contributed by atoms with E-state index in [9.17, 15) is 4.79 Å². The molecule has 1 aliphatic heterocycles. The molecule has 1 aliphatic rings. The highest BCUT2D eigenvalue weighted by atomic mass is 16.1. The van der Waals surface area contributed by atoms with Crippen molar-refractivity contribution >= 4 is 11.7 Å². The van der Waals surface area contributed by atoms with E-state index in [1.807, 2.05) is 0 Å². The molecule has 1 aromatic carbocycles. The molecule has 0 aromatic heterocycles. The average Bonchev–Trinajstić information content (AvgIpc) is 2.36. The lowest BCUT2D eigenvalue weighted by Gasteiger charge is -2.10. The van der Waals surface area contributed by atoms with Crippen molar-refractivity contribution in [3.8, 4) is 0 Å². The van der Waals surface area contributed by atoms with Gasteiger partial charge >= 0.3 is 0 Å². The summed E-state index contributed by atoms with van der Waals surface area (Å²) in [6, 6.07) is 8.42. The minimum absolute atomic E-state index is 0.0256. The molecule has 0 bridgehead atoms. The number of carbonyl (C=O) groups excluding carboxylic acids is 1. The summed E-state index contributed by atoms with van der Waals surface area (Å²) in [6.07, 6.45) is -0.140. The number of aliphatic imine (C=N–C) groups is 1. The topological polar surface area (TPSA) is 53.5 Å². The van der Waals surface area contributed by atoms with E-state index in [0.717, 1.165) is 0 Å². The summed E-state index contributed by atoms with van der Waals surface area (Å²) in [5, 5.41) is 4.99. The molecule has 0 unspecified atom stereocenters. The third-order valence-electron chi connectivity index (χ3n) is 1.90. The van der Waals surface area contributed by atoms with Crippen molar-refractivity contribution < 1.29 is 7.54 Å². The molecule has 0 fully saturated rings. The molecule has 2 rings (SSSR count). The van der Waals surface area contributed by atoms with Gasteiger partial charge in [-0.25, -0.2) is 4.99 Å². The second-order valence-corrected chi connectivity index (χ2v) is 3.10. The van der Waals surface area contributed by atoms with Crippen molar-refractivity contribution in [1.29, 1.82) is 0 Å². The van der Waals surface area contributed by atoms with Crippen LogP contribution < -0.4 is 10.6 Å². The van der Waals surface area contributed by atoms with Gasteiger partial charge in [-0.2, -0.15) is 0 Å². The van der Waals surface area contributed by atoms with E-state index in [-0.39, 0.29) is 29.8 Å². The first-order chi connectivity index (χ1) is 8.58. The number of amidine groups is 1. The van der Waals surface area contributed by atoms with Gasteiger partial charge in [-0.1, -0.05) is 24.8 Å². The van der Waals surface area contributed by atoms with E-state index < -0.39 is 0 Å². The van der Waals surface area contributed by atoms with Gasteiger partial charge in [-0.15, -0.1) is 0 Å². The maximum atomic E-state index is 11.9. The minimum Gasteiger partial charge on any atom is -0.347 e. The van der Waals surface area contributed by atoms with Crippen LogP contribution in [0, 0.1) is 0 Å². The van der Waals surface area contributed by atoms with Crippen LogP contribution in [0.2, 0.25) is 0 Å². The normalized spacial score (nSPS) is 17.0. The molecule has 0 saturated heterocycles. The number of carbonyl (C=O) groups is 1. The summed E-state index contributed by atoms with van der Waals surface area (Å²) in [5.41, 5.74) is 0.462.